The summed E-state index contributed by atoms with van der Waals surface area (Å²) < 4.78 is 5.41. The van der Waals surface area contributed by atoms with E-state index in [4.69, 9.17) is 4.74 Å². The monoisotopic (exact) mass is 294 g/mol. The van der Waals surface area contributed by atoms with E-state index in [2.05, 4.69) is 17.2 Å². The molecule has 1 rings (SSSR count). The Bertz CT molecular complexity index is 467. The number of hydrogen-bond acceptors (Lipinski definition) is 4. The number of nitrogens with zero attached hydrogens (tertiary/aromatic N) is 1. The summed E-state index contributed by atoms with van der Waals surface area (Å²) in [4.78, 5) is 15.7. The number of carboxylic acid groups (broad SMARTS) is 1. The van der Waals surface area contributed by atoms with Gasteiger partial charge < -0.3 is 15.2 Å². The second kappa shape index (κ2) is 7.98. The summed E-state index contributed by atoms with van der Waals surface area (Å²) in [6, 6.07) is 3.21. The maximum absolute atomic E-state index is 11.2. The van der Waals surface area contributed by atoms with Gasteiger partial charge in [0.1, 0.15) is 5.82 Å². The van der Waals surface area contributed by atoms with Gasteiger partial charge in [0.25, 0.3) is 0 Å². The Kier molecular flexibility index (Phi) is 6.62. The average molecular weight is 294 g/mol. The first-order valence-corrected chi connectivity index (χ1v) is 7.42. The maximum atomic E-state index is 11.2. The van der Waals surface area contributed by atoms with Crippen LogP contribution in [-0.2, 0) is 10.2 Å². The highest BCUT2D eigenvalue weighted by Crippen LogP contribution is 2.23. The van der Waals surface area contributed by atoms with Gasteiger partial charge in [0, 0.05) is 30.9 Å². The fraction of sp³-hybridized carbons (Fsp3) is 0.625. The molecule has 1 heterocycles. The number of nitrogens with one attached hydrogen (secondary N) is 1. The van der Waals surface area contributed by atoms with Crippen molar-refractivity contribution in [3.8, 4) is 0 Å². The molecule has 0 aliphatic rings. The van der Waals surface area contributed by atoms with Gasteiger partial charge in [-0.2, -0.15) is 0 Å². The molecule has 0 aliphatic carbocycles. The molecular formula is C16H26N2O3. The number of aromatic nitrogens is 1. The number of carboxylic acids is 1. The van der Waals surface area contributed by atoms with Crippen LogP contribution < -0.4 is 5.32 Å². The molecule has 1 aromatic rings. The lowest BCUT2D eigenvalue weighted by atomic mass is 9.91. The quantitative estimate of drug-likeness (QED) is 0.720. The summed E-state index contributed by atoms with van der Waals surface area (Å²) in [6.45, 7) is 10.3. The summed E-state index contributed by atoms with van der Waals surface area (Å²) in [5, 5.41) is 12.4. The molecule has 0 amide bonds. The van der Waals surface area contributed by atoms with Crippen molar-refractivity contribution < 1.29 is 14.6 Å². The molecule has 0 aliphatic heterocycles. The zero-order valence-corrected chi connectivity index (χ0v) is 13.4. The number of rotatable bonds is 8. The first-order valence-electron chi connectivity index (χ1n) is 7.42. The highest BCUT2D eigenvalue weighted by atomic mass is 16.5. The van der Waals surface area contributed by atoms with Crippen molar-refractivity contribution in [3.05, 3.63) is 23.4 Å². The van der Waals surface area contributed by atoms with Gasteiger partial charge in [-0.05, 0) is 25.0 Å². The standard InChI is InChI=1S/C16H26N2O3/c1-5-8-21-9-6-7-17-14-11-12(15(19)20)10-13(18-14)16(2,3)4/h10-11H,5-9H2,1-4H3,(H,17,18)(H,19,20). The summed E-state index contributed by atoms with van der Waals surface area (Å²) >= 11 is 0. The average Bonchev–Trinajstić information content (AvgIpc) is 2.41. The SMILES string of the molecule is CCCOCCCNc1cc(C(=O)O)cc(C(C)(C)C)n1. The van der Waals surface area contributed by atoms with Gasteiger partial charge in [-0.3, -0.25) is 0 Å². The van der Waals surface area contributed by atoms with Crippen molar-refractivity contribution in [2.75, 3.05) is 25.1 Å². The predicted molar refractivity (Wildman–Crippen MR) is 84.1 cm³/mol. The number of pyridine rings is 1. The normalized spacial score (nSPS) is 11.4. The zero-order valence-electron chi connectivity index (χ0n) is 13.4. The van der Waals surface area contributed by atoms with Crippen LogP contribution in [-0.4, -0.2) is 35.8 Å². The molecule has 0 radical (unpaired) electrons. The van der Waals surface area contributed by atoms with E-state index in [0.717, 1.165) is 25.1 Å². The summed E-state index contributed by atoms with van der Waals surface area (Å²) in [5.74, 6) is -0.326. The van der Waals surface area contributed by atoms with Crippen molar-refractivity contribution in [1.82, 2.24) is 4.98 Å². The van der Waals surface area contributed by atoms with Crippen molar-refractivity contribution in [2.45, 2.75) is 46.0 Å². The van der Waals surface area contributed by atoms with Crippen molar-refractivity contribution in [3.63, 3.8) is 0 Å². The second-order valence-corrected chi connectivity index (χ2v) is 6.07. The summed E-state index contributed by atoms with van der Waals surface area (Å²) in [6.07, 6.45) is 1.88. The lowest BCUT2D eigenvalue weighted by Crippen LogP contribution is -2.17. The smallest absolute Gasteiger partial charge is 0.335 e. The van der Waals surface area contributed by atoms with Gasteiger partial charge >= 0.3 is 5.97 Å². The van der Waals surface area contributed by atoms with E-state index in [-0.39, 0.29) is 11.0 Å². The molecule has 5 heteroatoms. The number of aromatic carboxylic acids is 1. The molecule has 0 spiro atoms. The lowest BCUT2D eigenvalue weighted by molar-refractivity contribution is 0.0696. The van der Waals surface area contributed by atoms with E-state index in [1.807, 2.05) is 20.8 Å². The molecule has 0 saturated carbocycles. The van der Waals surface area contributed by atoms with Gasteiger partial charge in [-0.15, -0.1) is 0 Å². The highest BCUT2D eigenvalue weighted by Gasteiger charge is 2.18. The highest BCUT2D eigenvalue weighted by molar-refractivity contribution is 5.88. The van der Waals surface area contributed by atoms with Crippen LogP contribution in [0.3, 0.4) is 0 Å². The predicted octanol–water partition coefficient (Wildman–Crippen LogP) is 3.31. The molecule has 0 aromatic carbocycles. The van der Waals surface area contributed by atoms with E-state index >= 15 is 0 Å². The maximum Gasteiger partial charge on any atom is 0.335 e. The van der Waals surface area contributed by atoms with E-state index in [1.165, 1.54) is 0 Å². The molecule has 21 heavy (non-hydrogen) atoms. The van der Waals surface area contributed by atoms with Crippen LogP contribution >= 0.6 is 0 Å². The van der Waals surface area contributed by atoms with Gasteiger partial charge in [0.15, 0.2) is 0 Å². The van der Waals surface area contributed by atoms with E-state index in [1.54, 1.807) is 12.1 Å². The third-order valence-electron chi connectivity index (χ3n) is 2.96. The number of hydrogen-bond donors (Lipinski definition) is 2. The Morgan fingerprint density at radius 3 is 2.62 bits per heavy atom. The Morgan fingerprint density at radius 1 is 1.33 bits per heavy atom. The fourth-order valence-corrected chi connectivity index (χ4v) is 1.77. The lowest BCUT2D eigenvalue weighted by Gasteiger charge is -2.19. The van der Waals surface area contributed by atoms with Crippen LogP contribution in [0.2, 0.25) is 0 Å². The first kappa shape index (κ1) is 17.4. The molecule has 0 unspecified atom stereocenters. The molecule has 2 N–H and O–H groups in total. The Labute approximate surface area is 126 Å². The second-order valence-electron chi connectivity index (χ2n) is 6.07. The number of anilines is 1. The van der Waals surface area contributed by atoms with Crippen LogP contribution in [0.1, 0.15) is 56.6 Å². The summed E-state index contributed by atoms with van der Waals surface area (Å²) in [7, 11) is 0. The topological polar surface area (TPSA) is 71.5 Å². The fourth-order valence-electron chi connectivity index (χ4n) is 1.77. The molecule has 0 fully saturated rings. The third-order valence-corrected chi connectivity index (χ3v) is 2.96. The van der Waals surface area contributed by atoms with E-state index < -0.39 is 5.97 Å². The largest absolute Gasteiger partial charge is 0.478 e. The third kappa shape index (κ3) is 6.12. The molecule has 1 aromatic heterocycles. The van der Waals surface area contributed by atoms with Gasteiger partial charge in [0.05, 0.1) is 5.56 Å². The number of ether oxygens (including phenoxy) is 1. The van der Waals surface area contributed by atoms with Crippen molar-refractivity contribution in [2.24, 2.45) is 0 Å². The summed E-state index contributed by atoms with van der Waals surface area (Å²) in [5.41, 5.74) is 0.846. The molecule has 0 saturated heterocycles. The molecular weight excluding hydrogens is 268 g/mol. The van der Waals surface area contributed by atoms with Gasteiger partial charge in [0.2, 0.25) is 0 Å². The zero-order chi connectivity index (χ0) is 15.9. The first-order chi connectivity index (χ1) is 9.84. The van der Waals surface area contributed by atoms with E-state index in [0.29, 0.717) is 19.0 Å². The van der Waals surface area contributed by atoms with Crippen LogP contribution in [0.5, 0.6) is 0 Å². The van der Waals surface area contributed by atoms with E-state index in [9.17, 15) is 9.90 Å². The molecule has 0 atom stereocenters. The minimum absolute atomic E-state index is 0.188. The van der Waals surface area contributed by atoms with Crippen LogP contribution in [0.15, 0.2) is 12.1 Å². The van der Waals surface area contributed by atoms with Gasteiger partial charge in [-0.1, -0.05) is 27.7 Å². The van der Waals surface area contributed by atoms with Crippen LogP contribution in [0.4, 0.5) is 5.82 Å². The molecule has 5 nitrogen and oxygen atoms in total. The van der Waals surface area contributed by atoms with Crippen LogP contribution in [0, 0.1) is 0 Å². The van der Waals surface area contributed by atoms with Crippen molar-refractivity contribution in [1.29, 1.82) is 0 Å². The van der Waals surface area contributed by atoms with Crippen molar-refractivity contribution >= 4 is 11.8 Å². The molecule has 118 valence electrons. The molecule has 0 bridgehead atoms. The number of carbonyl (C=O) groups is 1. The van der Waals surface area contributed by atoms with Gasteiger partial charge in [-0.25, -0.2) is 9.78 Å². The Hall–Kier alpha value is -1.62. The minimum atomic E-state index is -0.933. The minimum Gasteiger partial charge on any atom is -0.478 e. The Morgan fingerprint density at radius 2 is 2.05 bits per heavy atom. The van der Waals surface area contributed by atoms with Crippen LogP contribution in [0.25, 0.3) is 0 Å². The Balaban J connectivity index is 2.68.